The Hall–Kier alpha value is -1.40. The lowest BCUT2D eigenvalue weighted by atomic mass is 10.2. The lowest BCUT2D eigenvalue weighted by Gasteiger charge is -2.03. The molecule has 7 heteroatoms. The molecule has 0 saturated heterocycles. The molecule has 0 saturated carbocycles. The molecule has 0 fully saturated rings. The Balaban J connectivity index is 2.24. The predicted molar refractivity (Wildman–Crippen MR) is 61.4 cm³/mol. The first-order chi connectivity index (χ1) is 7.66. The number of anilines is 1. The minimum Gasteiger partial charge on any atom is -0.363 e. The van der Waals surface area contributed by atoms with Crippen molar-refractivity contribution in [2.24, 2.45) is 0 Å². The number of hydrogen-bond donors (Lipinski definition) is 1. The molecule has 0 aliphatic carbocycles. The van der Waals surface area contributed by atoms with E-state index in [0.29, 0.717) is 10.3 Å². The zero-order chi connectivity index (χ0) is 11.5. The van der Waals surface area contributed by atoms with Gasteiger partial charge in [0, 0.05) is 16.7 Å². The summed E-state index contributed by atoms with van der Waals surface area (Å²) in [5, 5.41) is 6.20. The van der Waals surface area contributed by atoms with Gasteiger partial charge >= 0.3 is 0 Å². The first kappa shape index (κ1) is 11.1. The third-order valence-corrected chi connectivity index (χ3v) is 2.46. The van der Waals surface area contributed by atoms with Crippen LogP contribution in [0.3, 0.4) is 0 Å². The summed E-state index contributed by atoms with van der Waals surface area (Å²) in [5.74, 6) is -0.0752. The van der Waals surface area contributed by atoms with Gasteiger partial charge in [0.2, 0.25) is 0 Å². The molecule has 0 spiro atoms. The molecule has 82 valence electrons. The lowest BCUT2D eigenvalue weighted by Crippen LogP contribution is -2.13. The summed E-state index contributed by atoms with van der Waals surface area (Å²) in [7, 11) is 0. The molecule has 0 aliphatic heterocycles. The Morgan fingerprint density at radius 2 is 2.38 bits per heavy atom. The second kappa shape index (κ2) is 4.63. The predicted octanol–water partition coefficient (Wildman–Crippen LogP) is 2.74. The zero-order valence-electron chi connectivity index (χ0n) is 7.78. The molecule has 5 nitrogen and oxygen atoms in total. The van der Waals surface area contributed by atoms with Crippen LogP contribution >= 0.6 is 27.5 Å². The summed E-state index contributed by atoms with van der Waals surface area (Å²) in [5.41, 5.74) is 0.263. The van der Waals surface area contributed by atoms with Crippen LogP contribution in [0.15, 0.2) is 33.6 Å². The highest BCUT2D eigenvalue weighted by Crippen LogP contribution is 2.19. The number of hydrogen-bond acceptors (Lipinski definition) is 4. The summed E-state index contributed by atoms with van der Waals surface area (Å²) in [6.07, 6.45) is 2.87. The summed E-state index contributed by atoms with van der Waals surface area (Å²) >= 11 is 9.00. The molecule has 2 heterocycles. The number of nitrogens with zero attached hydrogens (tertiary/aromatic N) is 2. The van der Waals surface area contributed by atoms with Gasteiger partial charge in [-0.05, 0) is 22.0 Å². The minimum absolute atomic E-state index is 0.129. The Morgan fingerprint density at radius 3 is 3.06 bits per heavy atom. The standard InChI is InChI=1S/C9H5BrClN3O2/c10-5-3-6(8(11)12-4-5)9(15)13-7-1-2-16-14-7/h1-4H,(H,13,14,15). The maximum atomic E-state index is 11.7. The van der Waals surface area contributed by atoms with Gasteiger partial charge < -0.3 is 9.84 Å². The van der Waals surface area contributed by atoms with E-state index in [9.17, 15) is 4.79 Å². The Labute approximate surface area is 104 Å². The van der Waals surface area contributed by atoms with Crippen molar-refractivity contribution in [3.05, 3.63) is 39.8 Å². The molecule has 0 aromatic carbocycles. The summed E-state index contributed by atoms with van der Waals surface area (Å²) < 4.78 is 5.25. The van der Waals surface area contributed by atoms with Crippen molar-refractivity contribution in [2.45, 2.75) is 0 Å². The maximum absolute atomic E-state index is 11.7. The molecule has 1 N–H and O–H groups in total. The van der Waals surface area contributed by atoms with Crippen LogP contribution < -0.4 is 5.32 Å². The normalized spacial score (nSPS) is 10.1. The van der Waals surface area contributed by atoms with Crippen LogP contribution in [0, 0.1) is 0 Å². The van der Waals surface area contributed by atoms with E-state index < -0.39 is 5.91 Å². The third-order valence-electron chi connectivity index (χ3n) is 1.73. The van der Waals surface area contributed by atoms with Crippen molar-refractivity contribution in [3.8, 4) is 0 Å². The first-order valence-corrected chi connectivity index (χ1v) is 5.36. The maximum Gasteiger partial charge on any atom is 0.260 e. The highest BCUT2D eigenvalue weighted by molar-refractivity contribution is 9.10. The molecule has 1 amide bonds. The zero-order valence-corrected chi connectivity index (χ0v) is 10.1. The summed E-state index contributed by atoms with van der Waals surface area (Å²) in [4.78, 5) is 15.6. The van der Waals surface area contributed by atoms with Crippen LogP contribution in [0.25, 0.3) is 0 Å². The molecule has 2 aromatic rings. The topological polar surface area (TPSA) is 68.0 Å². The van der Waals surface area contributed by atoms with Gasteiger partial charge in [0.15, 0.2) is 5.82 Å². The molecule has 2 aromatic heterocycles. The highest BCUT2D eigenvalue weighted by atomic mass is 79.9. The van der Waals surface area contributed by atoms with Crippen LogP contribution in [-0.4, -0.2) is 16.0 Å². The van der Waals surface area contributed by atoms with E-state index in [4.69, 9.17) is 11.6 Å². The van der Waals surface area contributed by atoms with E-state index in [2.05, 4.69) is 35.9 Å². The van der Waals surface area contributed by atoms with Crippen molar-refractivity contribution in [2.75, 3.05) is 5.32 Å². The van der Waals surface area contributed by atoms with E-state index in [1.54, 1.807) is 6.07 Å². The van der Waals surface area contributed by atoms with Gasteiger partial charge in [-0.1, -0.05) is 16.8 Å². The Kier molecular flexibility index (Phi) is 3.21. The van der Waals surface area contributed by atoms with Crippen molar-refractivity contribution >= 4 is 39.3 Å². The fraction of sp³-hybridized carbons (Fsp3) is 0. The van der Waals surface area contributed by atoms with Crippen LogP contribution in [0.1, 0.15) is 10.4 Å². The quantitative estimate of drug-likeness (QED) is 0.866. The van der Waals surface area contributed by atoms with Crippen LogP contribution in [0.5, 0.6) is 0 Å². The first-order valence-electron chi connectivity index (χ1n) is 4.19. The summed E-state index contributed by atoms with van der Waals surface area (Å²) in [6.45, 7) is 0. The molecule has 16 heavy (non-hydrogen) atoms. The average Bonchev–Trinajstić information content (AvgIpc) is 2.74. The molecular weight excluding hydrogens is 297 g/mol. The molecule has 2 rings (SSSR count). The van der Waals surface area contributed by atoms with Gasteiger partial charge in [0.25, 0.3) is 5.91 Å². The van der Waals surface area contributed by atoms with Gasteiger partial charge in [-0.15, -0.1) is 0 Å². The minimum atomic E-state index is -0.396. The number of aromatic nitrogens is 2. The van der Waals surface area contributed by atoms with Gasteiger partial charge in [0.1, 0.15) is 11.4 Å². The number of carbonyl (C=O) groups excluding carboxylic acids is 1. The second-order valence-electron chi connectivity index (χ2n) is 2.83. The van der Waals surface area contributed by atoms with Crippen LogP contribution in [0.2, 0.25) is 5.15 Å². The molecule has 0 atom stereocenters. The number of halogens is 2. The number of nitrogens with one attached hydrogen (secondary N) is 1. The average molecular weight is 303 g/mol. The van der Waals surface area contributed by atoms with Gasteiger partial charge in [-0.3, -0.25) is 4.79 Å². The second-order valence-corrected chi connectivity index (χ2v) is 4.10. The lowest BCUT2D eigenvalue weighted by molar-refractivity contribution is 0.102. The summed E-state index contributed by atoms with van der Waals surface area (Å²) in [6, 6.07) is 3.10. The number of amides is 1. The van der Waals surface area contributed by atoms with Crippen molar-refractivity contribution in [1.29, 1.82) is 0 Å². The number of rotatable bonds is 2. The largest absolute Gasteiger partial charge is 0.363 e. The molecule has 0 unspecified atom stereocenters. The van der Waals surface area contributed by atoms with Crippen molar-refractivity contribution in [1.82, 2.24) is 10.1 Å². The fourth-order valence-electron chi connectivity index (χ4n) is 1.04. The van der Waals surface area contributed by atoms with E-state index in [1.807, 2.05) is 0 Å². The van der Waals surface area contributed by atoms with Gasteiger partial charge in [0.05, 0.1) is 5.56 Å². The Morgan fingerprint density at radius 1 is 1.56 bits per heavy atom. The van der Waals surface area contributed by atoms with E-state index in [0.717, 1.165) is 0 Å². The smallest absolute Gasteiger partial charge is 0.260 e. The van der Waals surface area contributed by atoms with Crippen LogP contribution in [-0.2, 0) is 0 Å². The van der Waals surface area contributed by atoms with E-state index in [1.165, 1.54) is 18.5 Å². The van der Waals surface area contributed by atoms with Crippen molar-refractivity contribution in [3.63, 3.8) is 0 Å². The monoisotopic (exact) mass is 301 g/mol. The molecule has 0 aliphatic rings. The fourth-order valence-corrected chi connectivity index (χ4v) is 1.56. The number of pyridine rings is 1. The highest BCUT2D eigenvalue weighted by Gasteiger charge is 2.13. The molecular formula is C9H5BrClN3O2. The van der Waals surface area contributed by atoms with E-state index in [-0.39, 0.29) is 10.7 Å². The van der Waals surface area contributed by atoms with E-state index >= 15 is 0 Å². The van der Waals surface area contributed by atoms with Gasteiger partial charge in [-0.25, -0.2) is 4.98 Å². The van der Waals surface area contributed by atoms with Crippen molar-refractivity contribution < 1.29 is 9.32 Å². The SMILES string of the molecule is O=C(Nc1ccon1)c1cc(Br)cnc1Cl. The Bertz CT molecular complexity index is 515. The molecule has 0 radical (unpaired) electrons. The van der Waals surface area contributed by atoms with Gasteiger partial charge in [-0.2, -0.15) is 0 Å². The third kappa shape index (κ3) is 2.40. The number of carbonyl (C=O) groups is 1. The molecule has 0 bridgehead atoms. The van der Waals surface area contributed by atoms with Crippen LogP contribution in [0.4, 0.5) is 5.82 Å².